The number of Topliss-reactive ketones (excluding diaryl/α,β-unsaturated/α-hetero) is 1. The highest BCUT2D eigenvalue weighted by atomic mass is 32.1. The second kappa shape index (κ2) is 17.0. The average molecular weight is 684 g/mol. The molecule has 2 bridgehead atoms. The molecule has 0 aliphatic carbocycles. The number of nitrogens with zero attached hydrogens (tertiary/aromatic N) is 3. The average Bonchev–Trinajstić information content (AvgIpc) is 3.80. The third-order valence-electron chi connectivity index (χ3n) is 7.78. The van der Waals surface area contributed by atoms with Gasteiger partial charge < -0.3 is 29.2 Å². The number of ketones is 1. The Bertz CT molecular complexity index is 1580. The van der Waals surface area contributed by atoms with Crippen LogP contribution in [0, 0.1) is 18.8 Å². The number of cyclic esters (lactones) is 1. The molecule has 1 saturated heterocycles. The predicted molar refractivity (Wildman–Crippen MR) is 175 cm³/mol. The maximum absolute atomic E-state index is 13.6. The highest BCUT2D eigenvalue weighted by Gasteiger charge is 2.39. The van der Waals surface area contributed by atoms with E-state index in [4.69, 9.17) is 13.9 Å². The molecule has 0 unspecified atom stereocenters. The molecule has 258 valence electrons. The van der Waals surface area contributed by atoms with Gasteiger partial charge in [0.15, 0.2) is 5.69 Å². The molecule has 14 nitrogen and oxygen atoms in total. The SMILES string of the molecule is CC1=C[C@@H](O)CC(=O)Cc2nc(co2)C(=O)N2CCC[C@@H]2C(=O)O[C@H]([C@@H](C)COC(=O)Nc2csc(C)n2)[C@H](C)/C=C/C(=O)NCC=C1. The summed E-state index contributed by atoms with van der Waals surface area (Å²) in [6.07, 6.45) is 6.91. The molecule has 0 radical (unpaired) electrons. The highest BCUT2D eigenvalue weighted by Crippen LogP contribution is 2.26. The van der Waals surface area contributed by atoms with Crippen molar-refractivity contribution in [2.45, 2.75) is 71.6 Å². The molecule has 5 atom stereocenters. The van der Waals surface area contributed by atoms with Gasteiger partial charge in [0, 0.05) is 36.7 Å². The van der Waals surface area contributed by atoms with Crippen LogP contribution in [0.2, 0.25) is 0 Å². The number of nitrogens with one attached hydrogen (secondary N) is 2. The van der Waals surface area contributed by atoms with Crippen LogP contribution >= 0.6 is 11.3 Å². The minimum atomic E-state index is -1.05. The molecule has 0 aromatic carbocycles. The maximum Gasteiger partial charge on any atom is 0.412 e. The Labute approximate surface area is 282 Å². The lowest BCUT2D eigenvalue weighted by Gasteiger charge is -2.30. The fourth-order valence-electron chi connectivity index (χ4n) is 5.41. The van der Waals surface area contributed by atoms with Crippen molar-refractivity contribution in [1.29, 1.82) is 0 Å². The first-order chi connectivity index (χ1) is 22.9. The number of anilines is 1. The summed E-state index contributed by atoms with van der Waals surface area (Å²) >= 11 is 1.38. The number of aliphatic hydroxyl groups excluding tert-OH is 1. The number of fused-ring (bicyclic) bond motifs is 3. The monoisotopic (exact) mass is 683 g/mol. The second-order valence-corrected chi connectivity index (χ2v) is 13.0. The molecule has 4 rings (SSSR count). The standard InChI is InChI=1S/C33H41N5O9S/c1-19-7-5-11-34-28(41)10-9-20(2)30(21(3)16-46-33(44)37-27-18-48-22(4)35-27)47-32(43)26-8-6-12-38(26)31(42)25-17-45-29(36-25)15-24(40)14-23(39)13-19/h5,7,9-10,13,17-18,20-21,23,26,30,39H,6,8,11-12,14-16H2,1-4H3,(H,34,41)(H,37,44)/b7-5?,10-9+,19-13?/t20-,21+,23-,26-,30+/m1/s1. The van der Waals surface area contributed by atoms with Gasteiger partial charge in [-0.2, -0.15) is 0 Å². The maximum atomic E-state index is 13.6. The number of aliphatic hydroxyl groups is 1. The summed E-state index contributed by atoms with van der Waals surface area (Å²) in [6, 6.07) is -0.913. The van der Waals surface area contributed by atoms with E-state index in [9.17, 15) is 29.1 Å². The number of amides is 3. The summed E-state index contributed by atoms with van der Waals surface area (Å²) in [6.45, 7) is 7.45. The molecule has 0 spiro atoms. The Balaban J connectivity index is 1.54. The summed E-state index contributed by atoms with van der Waals surface area (Å²) in [7, 11) is 0. The number of thiazole rings is 1. The number of allylic oxidation sites excluding steroid dienone is 2. The van der Waals surface area contributed by atoms with Crippen molar-refractivity contribution in [2.75, 3.05) is 25.0 Å². The van der Waals surface area contributed by atoms with Gasteiger partial charge in [0.1, 0.15) is 30.0 Å². The van der Waals surface area contributed by atoms with Crippen LogP contribution in [0.1, 0.15) is 61.4 Å². The van der Waals surface area contributed by atoms with E-state index in [1.165, 1.54) is 28.4 Å². The number of hydrogen-bond donors (Lipinski definition) is 3. The number of carbonyl (C=O) groups is 5. The van der Waals surface area contributed by atoms with E-state index in [1.54, 1.807) is 44.4 Å². The van der Waals surface area contributed by atoms with Crippen LogP contribution in [0.15, 0.2) is 52.0 Å². The van der Waals surface area contributed by atoms with E-state index in [1.807, 2.05) is 6.92 Å². The van der Waals surface area contributed by atoms with E-state index in [0.717, 1.165) is 11.3 Å². The zero-order valence-corrected chi connectivity index (χ0v) is 28.2. The normalized spacial score (nSPS) is 24.6. The van der Waals surface area contributed by atoms with Gasteiger partial charge in [0.2, 0.25) is 11.8 Å². The van der Waals surface area contributed by atoms with Crippen LogP contribution in [-0.4, -0.2) is 87.6 Å². The van der Waals surface area contributed by atoms with E-state index in [0.29, 0.717) is 24.2 Å². The molecule has 2 aromatic rings. The van der Waals surface area contributed by atoms with Gasteiger partial charge >= 0.3 is 12.1 Å². The largest absolute Gasteiger partial charge is 0.460 e. The second-order valence-electron chi connectivity index (χ2n) is 11.9. The van der Waals surface area contributed by atoms with Gasteiger partial charge in [-0.05, 0) is 32.8 Å². The third-order valence-corrected chi connectivity index (χ3v) is 8.55. The fraction of sp³-hybridized carbons (Fsp3) is 0.485. The number of aryl methyl sites for hydroxylation is 1. The van der Waals surface area contributed by atoms with Gasteiger partial charge in [0.05, 0.1) is 24.1 Å². The van der Waals surface area contributed by atoms with Gasteiger partial charge in [-0.25, -0.2) is 19.6 Å². The fourth-order valence-corrected chi connectivity index (χ4v) is 5.96. The lowest BCUT2D eigenvalue weighted by atomic mass is 9.93. The van der Waals surface area contributed by atoms with Crippen molar-refractivity contribution in [3.05, 3.63) is 64.2 Å². The number of ether oxygens (including phenoxy) is 2. The molecular weight excluding hydrogens is 642 g/mol. The van der Waals surface area contributed by atoms with E-state index < -0.39 is 48.1 Å². The molecule has 4 heterocycles. The van der Waals surface area contributed by atoms with Crippen LogP contribution in [0.5, 0.6) is 0 Å². The summed E-state index contributed by atoms with van der Waals surface area (Å²) in [5.74, 6) is -2.54. The van der Waals surface area contributed by atoms with Crippen LogP contribution < -0.4 is 10.6 Å². The Kier molecular flexibility index (Phi) is 12.8. The van der Waals surface area contributed by atoms with Crippen molar-refractivity contribution in [3.8, 4) is 0 Å². The molecule has 2 aliphatic heterocycles. The summed E-state index contributed by atoms with van der Waals surface area (Å²) < 4.78 is 16.8. The third kappa shape index (κ3) is 10.4. The summed E-state index contributed by atoms with van der Waals surface area (Å²) in [5, 5.41) is 18.1. The first kappa shape index (κ1) is 36.2. The van der Waals surface area contributed by atoms with Crippen LogP contribution in [-0.2, 0) is 30.3 Å². The molecule has 0 saturated carbocycles. The van der Waals surface area contributed by atoms with Gasteiger partial charge in [-0.15, -0.1) is 11.3 Å². The van der Waals surface area contributed by atoms with Crippen molar-refractivity contribution in [3.63, 3.8) is 0 Å². The first-order valence-electron chi connectivity index (χ1n) is 15.7. The molecule has 2 aromatic heterocycles. The minimum absolute atomic E-state index is 0.0204. The topological polar surface area (TPSA) is 190 Å². The predicted octanol–water partition coefficient (Wildman–Crippen LogP) is 3.53. The van der Waals surface area contributed by atoms with Crippen molar-refractivity contribution in [2.24, 2.45) is 11.8 Å². The van der Waals surface area contributed by atoms with E-state index in [2.05, 4.69) is 20.6 Å². The van der Waals surface area contributed by atoms with Crippen LogP contribution in [0.25, 0.3) is 0 Å². The smallest absolute Gasteiger partial charge is 0.412 e. The zero-order chi connectivity index (χ0) is 34.8. The van der Waals surface area contributed by atoms with Crippen molar-refractivity contribution in [1.82, 2.24) is 20.2 Å². The molecule has 15 heteroatoms. The number of hydrogen-bond acceptors (Lipinski definition) is 12. The van der Waals surface area contributed by atoms with E-state index in [-0.39, 0.29) is 55.8 Å². The lowest BCUT2D eigenvalue weighted by molar-refractivity contribution is -0.159. The molecule has 2 aliphatic rings. The Morgan fingerprint density at radius 1 is 1.23 bits per heavy atom. The molecule has 48 heavy (non-hydrogen) atoms. The Morgan fingerprint density at radius 3 is 2.77 bits per heavy atom. The van der Waals surface area contributed by atoms with Gasteiger partial charge in [-0.1, -0.05) is 43.7 Å². The minimum Gasteiger partial charge on any atom is -0.460 e. The Morgan fingerprint density at radius 2 is 2.02 bits per heavy atom. The van der Waals surface area contributed by atoms with Crippen LogP contribution in [0.3, 0.4) is 0 Å². The molecule has 1 fully saturated rings. The number of rotatable bonds is 4. The first-order valence-corrected chi connectivity index (χ1v) is 16.6. The summed E-state index contributed by atoms with van der Waals surface area (Å²) in [5.41, 5.74) is 0.631. The number of carbonyl (C=O) groups excluding carboxylic acids is 5. The number of oxazole rings is 1. The highest BCUT2D eigenvalue weighted by molar-refractivity contribution is 7.09. The lowest BCUT2D eigenvalue weighted by Crippen LogP contribution is -2.44. The summed E-state index contributed by atoms with van der Waals surface area (Å²) in [4.78, 5) is 74.3. The van der Waals surface area contributed by atoms with Gasteiger partial charge in [-0.3, -0.25) is 19.7 Å². The molecular formula is C33H41N5O9S. The number of esters is 1. The zero-order valence-electron chi connectivity index (χ0n) is 27.3. The molecule has 3 amide bonds. The van der Waals surface area contributed by atoms with Crippen molar-refractivity contribution >= 4 is 46.8 Å². The Hall–Kier alpha value is -4.63. The quantitative estimate of drug-likeness (QED) is 0.400. The van der Waals surface area contributed by atoms with Crippen molar-refractivity contribution < 1.29 is 43.0 Å². The molecule has 3 N–H and O–H groups in total. The van der Waals surface area contributed by atoms with Gasteiger partial charge in [0.25, 0.3) is 5.91 Å². The van der Waals surface area contributed by atoms with E-state index >= 15 is 0 Å². The number of aromatic nitrogens is 2. The van der Waals surface area contributed by atoms with Crippen LogP contribution in [0.4, 0.5) is 10.6 Å².